The molecular weight excluding hydrogens is 832 g/mol. The molecule has 2 N–H and O–H groups in total. The van der Waals surface area contributed by atoms with Gasteiger partial charge in [-0.2, -0.15) is 0 Å². The van der Waals surface area contributed by atoms with Crippen LogP contribution in [0.1, 0.15) is 278 Å². The maximum absolute atomic E-state index is 13.5. The van der Waals surface area contributed by atoms with Crippen LogP contribution in [0.5, 0.6) is 0 Å². The maximum Gasteiger partial charge on any atom is 0.472 e. The Bertz CT molecular complexity index is 1130. The fourth-order valence-electron chi connectivity index (χ4n) is 8.35. The molecule has 0 aromatic rings. The summed E-state index contributed by atoms with van der Waals surface area (Å²) in [6.07, 6.45) is 50.5. The van der Waals surface area contributed by atoms with Gasteiger partial charge in [0.05, 0.1) is 33.8 Å². The second-order valence-corrected chi connectivity index (χ2v) is 21.9. The van der Waals surface area contributed by atoms with E-state index in [9.17, 15) is 19.0 Å². The van der Waals surface area contributed by atoms with E-state index in [1.807, 2.05) is 33.3 Å². The number of likely N-dealkylation sites (N-methyl/N-ethyl adjacent to an activating group) is 1. The van der Waals surface area contributed by atoms with Gasteiger partial charge in [0.25, 0.3) is 0 Å². The van der Waals surface area contributed by atoms with E-state index >= 15 is 0 Å². The van der Waals surface area contributed by atoms with E-state index < -0.39 is 20.0 Å². The Labute approximate surface area is 403 Å². The highest BCUT2D eigenvalue weighted by Gasteiger charge is 2.30. The van der Waals surface area contributed by atoms with E-state index in [0.717, 1.165) is 57.8 Å². The van der Waals surface area contributed by atoms with Crippen molar-refractivity contribution in [2.75, 3.05) is 40.9 Å². The van der Waals surface area contributed by atoms with Gasteiger partial charge in [-0.1, -0.05) is 245 Å². The van der Waals surface area contributed by atoms with Crippen LogP contribution >= 0.6 is 7.82 Å². The molecule has 0 saturated carbocycles. The quantitative estimate of drug-likeness (QED) is 0.0205. The first-order chi connectivity index (χ1) is 31.4. The highest BCUT2D eigenvalue weighted by Crippen LogP contribution is 2.43. The molecule has 0 aliphatic carbocycles. The van der Waals surface area contributed by atoms with Crippen LogP contribution in [0.25, 0.3) is 0 Å². The molecule has 0 heterocycles. The van der Waals surface area contributed by atoms with Gasteiger partial charge in [0.1, 0.15) is 19.3 Å². The summed E-state index contributed by atoms with van der Waals surface area (Å²) >= 11 is 0. The van der Waals surface area contributed by atoms with E-state index in [2.05, 4.69) is 26.1 Å². The van der Waals surface area contributed by atoms with Gasteiger partial charge in [-0.25, -0.2) is 4.57 Å². The first kappa shape index (κ1) is 63.8. The number of allylic oxidation sites excluding steroid dienone is 1. The minimum atomic E-state index is -4.43. The summed E-state index contributed by atoms with van der Waals surface area (Å²) in [4.78, 5) is 37.5. The van der Waals surface area contributed by atoms with Crippen molar-refractivity contribution in [2.45, 2.75) is 290 Å². The molecule has 10 heteroatoms. The van der Waals surface area contributed by atoms with Crippen molar-refractivity contribution in [3.63, 3.8) is 0 Å². The van der Waals surface area contributed by atoms with Gasteiger partial charge >= 0.3 is 13.8 Å². The van der Waals surface area contributed by atoms with Gasteiger partial charge in [-0.05, 0) is 31.8 Å². The second-order valence-electron chi connectivity index (χ2n) is 20.5. The lowest BCUT2D eigenvalue weighted by Gasteiger charge is -2.27. The van der Waals surface area contributed by atoms with Crippen molar-refractivity contribution in [3.8, 4) is 0 Å². The molecule has 0 rings (SSSR count). The minimum absolute atomic E-state index is 0.0453. The molecule has 0 bridgehead atoms. The molecule has 1 amide bonds. The topological polar surface area (TPSA) is 111 Å². The normalized spacial score (nSPS) is 13.9. The molecule has 0 aromatic carbocycles. The van der Waals surface area contributed by atoms with Gasteiger partial charge in [0, 0.05) is 12.8 Å². The molecule has 0 fully saturated rings. The average molecular weight is 942 g/mol. The Hall–Kier alpha value is -1.25. The number of carbonyl (C=O) groups excluding carboxylic acids is 2. The summed E-state index contributed by atoms with van der Waals surface area (Å²) in [5.74, 6) is -0.491. The fraction of sp³-hybridized carbons (Fsp3) is 0.927. The summed E-state index contributed by atoms with van der Waals surface area (Å²) in [6, 6.07) is -0.837. The van der Waals surface area contributed by atoms with Crippen LogP contribution in [-0.2, 0) is 27.9 Å². The summed E-state index contributed by atoms with van der Waals surface area (Å²) in [5.41, 5.74) is 0. The Morgan fingerprint density at radius 3 is 1.26 bits per heavy atom. The smallest absolute Gasteiger partial charge is 0.456 e. The number of ether oxygens (including phenoxy) is 1. The number of amides is 1. The molecule has 386 valence electrons. The number of nitrogens with one attached hydrogen (secondary N) is 1. The SMILES string of the molecule is CCCCCCCCCCCC/C=C/C(OC(=O)CCCCCCCCCCCCC)C(COP(=O)(O)OCC[N+](C)(C)C)NC(=O)CCCCCCCCCCCCCCCCCC. The largest absolute Gasteiger partial charge is 0.472 e. The molecule has 0 aromatic heterocycles. The van der Waals surface area contributed by atoms with E-state index in [-0.39, 0.29) is 25.1 Å². The number of nitrogens with zero attached hydrogens (tertiary/aromatic N) is 1. The van der Waals surface area contributed by atoms with E-state index in [1.165, 1.54) is 186 Å². The van der Waals surface area contributed by atoms with Crippen LogP contribution < -0.4 is 5.32 Å². The minimum Gasteiger partial charge on any atom is -0.456 e. The number of carbonyl (C=O) groups is 2. The number of unbranched alkanes of at least 4 members (excludes halogenated alkanes) is 35. The van der Waals surface area contributed by atoms with Crippen molar-refractivity contribution in [1.82, 2.24) is 5.32 Å². The maximum atomic E-state index is 13.5. The molecule has 65 heavy (non-hydrogen) atoms. The summed E-state index contributed by atoms with van der Waals surface area (Å²) in [5, 5.41) is 3.05. The van der Waals surface area contributed by atoms with E-state index in [0.29, 0.717) is 23.9 Å². The zero-order valence-corrected chi connectivity index (χ0v) is 44.9. The monoisotopic (exact) mass is 942 g/mol. The van der Waals surface area contributed by atoms with Crippen molar-refractivity contribution in [2.24, 2.45) is 0 Å². The van der Waals surface area contributed by atoms with Crippen molar-refractivity contribution >= 4 is 19.7 Å². The molecule has 3 atom stereocenters. The third-order valence-corrected chi connectivity index (χ3v) is 13.7. The van der Waals surface area contributed by atoms with Gasteiger partial charge in [0.15, 0.2) is 0 Å². The highest BCUT2D eigenvalue weighted by molar-refractivity contribution is 7.47. The average Bonchev–Trinajstić information content (AvgIpc) is 3.26. The zero-order chi connectivity index (χ0) is 48.0. The highest BCUT2D eigenvalue weighted by atomic mass is 31.2. The lowest BCUT2D eigenvalue weighted by molar-refractivity contribution is -0.870. The predicted molar refractivity (Wildman–Crippen MR) is 277 cm³/mol. The molecule has 0 aliphatic heterocycles. The number of quaternary nitrogens is 1. The van der Waals surface area contributed by atoms with E-state index in [1.54, 1.807) is 0 Å². The molecule has 0 aliphatic rings. The summed E-state index contributed by atoms with van der Waals surface area (Å²) in [6.45, 7) is 7.03. The van der Waals surface area contributed by atoms with Gasteiger partial charge in [-0.15, -0.1) is 0 Å². The molecule has 0 radical (unpaired) electrons. The van der Waals surface area contributed by atoms with E-state index in [4.69, 9.17) is 13.8 Å². The summed E-state index contributed by atoms with van der Waals surface area (Å²) < 4.78 is 30.6. The lowest BCUT2D eigenvalue weighted by atomic mass is 10.0. The predicted octanol–water partition coefficient (Wildman–Crippen LogP) is 16.4. The van der Waals surface area contributed by atoms with Crippen molar-refractivity contribution in [1.29, 1.82) is 0 Å². The third-order valence-electron chi connectivity index (χ3n) is 12.7. The van der Waals surface area contributed by atoms with Crippen LogP contribution in [0.15, 0.2) is 12.2 Å². The molecular formula is C55H110N2O7P+. The molecule has 3 unspecified atom stereocenters. The van der Waals surface area contributed by atoms with Gasteiger partial charge in [-0.3, -0.25) is 18.6 Å². The first-order valence-electron chi connectivity index (χ1n) is 28.0. The number of hydrogen-bond acceptors (Lipinski definition) is 6. The van der Waals surface area contributed by atoms with Crippen molar-refractivity contribution in [3.05, 3.63) is 12.2 Å². The third kappa shape index (κ3) is 47.6. The molecule has 0 spiro atoms. The van der Waals surface area contributed by atoms with Crippen molar-refractivity contribution < 1.29 is 37.3 Å². The number of phosphoric ester groups is 1. The van der Waals surface area contributed by atoms with Crippen LogP contribution in [0.2, 0.25) is 0 Å². The molecule has 9 nitrogen and oxygen atoms in total. The number of rotatable bonds is 51. The Balaban J connectivity index is 5.31. The van der Waals surface area contributed by atoms with Gasteiger partial charge in [0.2, 0.25) is 5.91 Å². The molecule has 0 saturated heterocycles. The van der Waals surface area contributed by atoms with Crippen LogP contribution in [-0.4, -0.2) is 74.3 Å². The zero-order valence-electron chi connectivity index (χ0n) is 44.0. The van der Waals surface area contributed by atoms with Crippen LogP contribution in [0.4, 0.5) is 0 Å². The van der Waals surface area contributed by atoms with Gasteiger partial charge < -0.3 is 19.4 Å². The van der Waals surface area contributed by atoms with Crippen LogP contribution in [0.3, 0.4) is 0 Å². The number of hydrogen-bond donors (Lipinski definition) is 2. The Kier molecular flexibility index (Phi) is 45.6. The first-order valence-corrected chi connectivity index (χ1v) is 29.5. The standard InChI is InChI=1S/C55H109N2O7P/c1-7-10-13-16-19-22-25-27-28-29-30-33-35-38-41-44-47-54(58)56-52(51-63-65(60,61)62-50-49-57(4,5)6)53(46-43-40-37-34-32-26-23-20-17-14-11-8-2)64-55(59)48-45-42-39-36-31-24-21-18-15-12-9-3/h43,46,52-53H,7-42,44-45,47-51H2,1-6H3,(H-,56,58,60,61)/p+1/b46-43+. The summed E-state index contributed by atoms with van der Waals surface area (Å²) in [7, 11) is 1.51. The Morgan fingerprint density at radius 1 is 0.523 bits per heavy atom. The lowest BCUT2D eigenvalue weighted by Crippen LogP contribution is -2.47. The second kappa shape index (κ2) is 46.5. The number of phosphoric acid groups is 1. The Morgan fingerprint density at radius 2 is 0.877 bits per heavy atom. The van der Waals surface area contributed by atoms with Crippen LogP contribution in [0, 0.1) is 0 Å². The fourth-order valence-corrected chi connectivity index (χ4v) is 9.09. The number of esters is 1.